The molecule has 2 nitrogen and oxygen atoms in total. The molecule has 1 aliphatic carbocycles. The lowest BCUT2D eigenvalue weighted by Crippen LogP contribution is -2.05. The Labute approximate surface area is 84.5 Å². The van der Waals surface area contributed by atoms with E-state index in [1.54, 1.807) is 0 Å². The van der Waals surface area contributed by atoms with Gasteiger partial charge in [0.2, 0.25) is 0 Å². The van der Waals surface area contributed by atoms with Crippen LogP contribution in [-0.2, 0) is 6.42 Å². The molecule has 0 radical (unpaired) electrons. The molecule has 0 spiro atoms. The summed E-state index contributed by atoms with van der Waals surface area (Å²) in [5.41, 5.74) is 2.30. The largest absolute Gasteiger partial charge is 0.491 e. The molecule has 1 aromatic carbocycles. The van der Waals surface area contributed by atoms with Gasteiger partial charge in [0, 0.05) is 0 Å². The van der Waals surface area contributed by atoms with Crippen molar-refractivity contribution in [3.05, 3.63) is 29.3 Å². The third-order valence-electron chi connectivity index (χ3n) is 2.53. The third-order valence-corrected chi connectivity index (χ3v) is 2.53. The standard InChI is InChI=1S/C12H16O2/c1-8(2)14-10-4-5-11-9(7-10)3-6-12(11)13/h4-5,7-8,12-13H,3,6H2,1-2H3/t12-/m1/s1. The van der Waals surface area contributed by atoms with Crippen molar-refractivity contribution in [3.8, 4) is 5.75 Å². The van der Waals surface area contributed by atoms with Crippen molar-refractivity contribution in [1.82, 2.24) is 0 Å². The number of aliphatic hydroxyl groups excluding tert-OH is 1. The first-order chi connectivity index (χ1) is 6.66. The van der Waals surface area contributed by atoms with E-state index in [9.17, 15) is 5.11 Å². The van der Waals surface area contributed by atoms with Crippen molar-refractivity contribution in [2.45, 2.75) is 38.9 Å². The van der Waals surface area contributed by atoms with Gasteiger partial charge in [-0.3, -0.25) is 0 Å². The minimum absolute atomic E-state index is 0.208. The van der Waals surface area contributed by atoms with Crippen LogP contribution in [-0.4, -0.2) is 11.2 Å². The first-order valence-corrected chi connectivity index (χ1v) is 5.14. The van der Waals surface area contributed by atoms with E-state index in [-0.39, 0.29) is 12.2 Å². The maximum atomic E-state index is 9.61. The lowest BCUT2D eigenvalue weighted by atomic mass is 10.1. The smallest absolute Gasteiger partial charge is 0.119 e. The summed E-state index contributed by atoms with van der Waals surface area (Å²) in [5.74, 6) is 0.910. The van der Waals surface area contributed by atoms with E-state index in [0.717, 1.165) is 24.2 Å². The lowest BCUT2D eigenvalue weighted by molar-refractivity contribution is 0.180. The number of rotatable bonds is 2. The Hall–Kier alpha value is -1.02. The van der Waals surface area contributed by atoms with Gasteiger partial charge in [-0.1, -0.05) is 6.07 Å². The molecule has 14 heavy (non-hydrogen) atoms. The minimum Gasteiger partial charge on any atom is -0.491 e. The van der Waals surface area contributed by atoms with E-state index < -0.39 is 0 Å². The number of benzene rings is 1. The predicted octanol–water partition coefficient (Wildman–Crippen LogP) is 2.45. The molecule has 0 saturated carbocycles. The topological polar surface area (TPSA) is 29.5 Å². The molecule has 0 heterocycles. The predicted molar refractivity (Wildman–Crippen MR) is 55.5 cm³/mol. The van der Waals surface area contributed by atoms with Gasteiger partial charge in [0.25, 0.3) is 0 Å². The molecule has 1 aliphatic rings. The maximum Gasteiger partial charge on any atom is 0.119 e. The van der Waals surface area contributed by atoms with Crippen LogP contribution in [0.5, 0.6) is 5.75 Å². The summed E-state index contributed by atoms with van der Waals surface area (Å²) in [4.78, 5) is 0. The van der Waals surface area contributed by atoms with Gasteiger partial charge in [0.05, 0.1) is 12.2 Å². The molecular weight excluding hydrogens is 176 g/mol. The summed E-state index contributed by atoms with van der Waals surface area (Å²) in [6.45, 7) is 4.03. The summed E-state index contributed by atoms with van der Waals surface area (Å²) in [6, 6.07) is 5.96. The second kappa shape index (κ2) is 3.62. The van der Waals surface area contributed by atoms with Crippen LogP contribution in [0.2, 0.25) is 0 Å². The summed E-state index contributed by atoms with van der Waals surface area (Å²) in [6.07, 6.45) is 1.75. The maximum absolute atomic E-state index is 9.61. The van der Waals surface area contributed by atoms with Crippen molar-refractivity contribution < 1.29 is 9.84 Å². The summed E-state index contributed by atoms with van der Waals surface area (Å²) in [5, 5.41) is 9.61. The fourth-order valence-corrected chi connectivity index (χ4v) is 1.92. The average molecular weight is 192 g/mol. The molecule has 0 saturated heterocycles. The Balaban J connectivity index is 2.24. The molecule has 1 N–H and O–H groups in total. The van der Waals surface area contributed by atoms with Crippen LogP contribution in [0.15, 0.2) is 18.2 Å². The van der Waals surface area contributed by atoms with Gasteiger partial charge >= 0.3 is 0 Å². The number of fused-ring (bicyclic) bond motifs is 1. The van der Waals surface area contributed by atoms with Gasteiger partial charge in [-0.25, -0.2) is 0 Å². The second-order valence-electron chi connectivity index (χ2n) is 4.08. The highest BCUT2D eigenvalue weighted by Crippen LogP contribution is 2.33. The summed E-state index contributed by atoms with van der Waals surface area (Å²) >= 11 is 0. The van der Waals surface area contributed by atoms with Crippen LogP contribution >= 0.6 is 0 Å². The van der Waals surface area contributed by atoms with Crippen LogP contribution in [0, 0.1) is 0 Å². The van der Waals surface area contributed by atoms with E-state index in [4.69, 9.17) is 4.74 Å². The molecule has 0 amide bonds. The third kappa shape index (κ3) is 1.75. The molecule has 0 bridgehead atoms. The molecular formula is C12H16O2. The molecule has 1 atom stereocenters. The molecule has 76 valence electrons. The molecule has 2 heteroatoms. The zero-order valence-corrected chi connectivity index (χ0v) is 8.66. The Morgan fingerprint density at radius 3 is 2.93 bits per heavy atom. The van der Waals surface area contributed by atoms with Crippen LogP contribution in [0.4, 0.5) is 0 Å². The molecule has 0 unspecified atom stereocenters. The number of hydrogen-bond donors (Lipinski definition) is 1. The van der Waals surface area contributed by atoms with Gasteiger partial charge in [-0.15, -0.1) is 0 Å². The van der Waals surface area contributed by atoms with E-state index in [2.05, 4.69) is 0 Å². The van der Waals surface area contributed by atoms with E-state index >= 15 is 0 Å². The first kappa shape index (κ1) is 9.53. The summed E-state index contributed by atoms with van der Waals surface area (Å²) in [7, 11) is 0. The van der Waals surface area contributed by atoms with Crippen LogP contribution in [0.3, 0.4) is 0 Å². The molecule has 2 rings (SSSR count). The first-order valence-electron chi connectivity index (χ1n) is 5.14. The number of aryl methyl sites for hydroxylation is 1. The van der Waals surface area contributed by atoms with Crippen molar-refractivity contribution in [2.75, 3.05) is 0 Å². The van der Waals surface area contributed by atoms with Gasteiger partial charge in [0.15, 0.2) is 0 Å². The van der Waals surface area contributed by atoms with Gasteiger partial charge in [-0.05, 0) is 49.9 Å². The number of hydrogen-bond acceptors (Lipinski definition) is 2. The highest BCUT2D eigenvalue weighted by Gasteiger charge is 2.20. The highest BCUT2D eigenvalue weighted by molar-refractivity contribution is 5.39. The molecule has 1 aromatic rings. The van der Waals surface area contributed by atoms with E-state index in [1.165, 1.54) is 5.56 Å². The Bertz CT molecular complexity index is 331. The lowest BCUT2D eigenvalue weighted by Gasteiger charge is -2.11. The van der Waals surface area contributed by atoms with E-state index in [0.29, 0.717) is 0 Å². The van der Waals surface area contributed by atoms with Crippen molar-refractivity contribution in [1.29, 1.82) is 0 Å². The average Bonchev–Trinajstić information content (AvgIpc) is 2.46. The monoisotopic (exact) mass is 192 g/mol. The Kier molecular flexibility index (Phi) is 2.46. The van der Waals surface area contributed by atoms with Crippen LogP contribution in [0.25, 0.3) is 0 Å². The summed E-state index contributed by atoms with van der Waals surface area (Å²) < 4.78 is 5.59. The Morgan fingerprint density at radius 1 is 1.43 bits per heavy atom. The number of ether oxygens (including phenoxy) is 1. The van der Waals surface area contributed by atoms with Crippen LogP contribution < -0.4 is 4.74 Å². The van der Waals surface area contributed by atoms with E-state index in [1.807, 2.05) is 32.0 Å². The fraction of sp³-hybridized carbons (Fsp3) is 0.500. The highest BCUT2D eigenvalue weighted by atomic mass is 16.5. The zero-order chi connectivity index (χ0) is 10.1. The quantitative estimate of drug-likeness (QED) is 0.780. The number of aliphatic hydroxyl groups is 1. The van der Waals surface area contributed by atoms with Crippen LogP contribution in [0.1, 0.15) is 37.5 Å². The molecule has 0 aliphatic heterocycles. The van der Waals surface area contributed by atoms with Gasteiger partial charge in [0.1, 0.15) is 5.75 Å². The zero-order valence-electron chi connectivity index (χ0n) is 8.66. The molecule has 0 aromatic heterocycles. The van der Waals surface area contributed by atoms with Crippen molar-refractivity contribution >= 4 is 0 Å². The van der Waals surface area contributed by atoms with Crippen molar-refractivity contribution in [2.24, 2.45) is 0 Å². The van der Waals surface area contributed by atoms with Gasteiger partial charge in [-0.2, -0.15) is 0 Å². The minimum atomic E-state index is -0.266. The van der Waals surface area contributed by atoms with Gasteiger partial charge < -0.3 is 9.84 Å². The normalized spacial score (nSPS) is 19.9. The Morgan fingerprint density at radius 2 is 2.21 bits per heavy atom. The SMILES string of the molecule is CC(C)Oc1ccc2c(c1)CC[C@H]2O. The fourth-order valence-electron chi connectivity index (χ4n) is 1.92. The van der Waals surface area contributed by atoms with Crippen molar-refractivity contribution in [3.63, 3.8) is 0 Å². The second-order valence-corrected chi connectivity index (χ2v) is 4.08. The molecule has 0 fully saturated rings.